The van der Waals surface area contributed by atoms with Crippen LogP contribution in [0.3, 0.4) is 0 Å². The normalized spacial score (nSPS) is 22.4. The fourth-order valence-electron chi connectivity index (χ4n) is 3.03. The maximum atomic E-state index is 9.35. The Labute approximate surface area is 120 Å². The molecule has 1 rings (SSSR count). The first-order valence-corrected chi connectivity index (χ1v) is 9.10. The second-order valence-electron chi connectivity index (χ2n) is 7.30. The van der Waals surface area contributed by atoms with E-state index < -0.39 is 7.51 Å². The van der Waals surface area contributed by atoms with Crippen molar-refractivity contribution in [1.82, 2.24) is 14.0 Å². The maximum absolute atomic E-state index is 9.35. The third-order valence-corrected chi connectivity index (χ3v) is 8.17. The van der Waals surface area contributed by atoms with E-state index in [0.29, 0.717) is 0 Å². The SMILES string of the molecule is CCN(CC)P1(=N)N(C(C)(C)C)CCN1C(C)(C)C. The Hall–Kier alpha value is 0.110. The van der Waals surface area contributed by atoms with E-state index in [1.54, 1.807) is 0 Å². The fourth-order valence-corrected chi connectivity index (χ4v) is 7.10. The number of hydrogen-bond acceptors (Lipinski definition) is 1. The molecular formula is C14H33N4P. The largest absolute Gasteiger partial charge is 0.277 e. The van der Waals surface area contributed by atoms with Crippen LogP contribution in [-0.4, -0.2) is 51.3 Å². The van der Waals surface area contributed by atoms with Gasteiger partial charge in [0.25, 0.3) is 0 Å². The highest BCUT2D eigenvalue weighted by Gasteiger charge is 2.50. The predicted octanol–water partition coefficient (Wildman–Crippen LogP) is 4.07. The molecule has 0 unspecified atom stereocenters. The summed E-state index contributed by atoms with van der Waals surface area (Å²) in [5, 5.41) is 9.35. The molecule has 0 atom stereocenters. The molecule has 0 radical (unpaired) electrons. The van der Waals surface area contributed by atoms with Crippen molar-refractivity contribution >= 4 is 7.51 Å². The van der Waals surface area contributed by atoms with Gasteiger partial charge in [0.2, 0.25) is 0 Å². The minimum Gasteiger partial charge on any atom is -0.277 e. The molecule has 114 valence electrons. The van der Waals surface area contributed by atoms with Crippen LogP contribution in [0.4, 0.5) is 0 Å². The zero-order valence-corrected chi connectivity index (χ0v) is 15.0. The van der Waals surface area contributed by atoms with Gasteiger partial charge in [-0.3, -0.25) is 5.16 Å². The first-order chi connectivity index (χ1) is 8.49. The van der Waals surface area contributed by atoms with E-state index in [1.165, 1.54) is 0 Å². The molecule has 1 saturated heterocycles. The van der Waals surface area contributed by atoms with Crippen LogP contribution in [0.25, 0.3) is 0 Å². The third kappa shape index (κ3) is 3.07. The van der Waals surface area contributed by atoms with Gasteiger partial charge in [0.15, 0.2) is 7.51 Å². The molecule has 0 amide bonds. The Morgan fingerprint density at radius 3 is 1.42 bits per heavy atom. The Kier molecular flexibility index (Phi) is 4.95. The number of nitrogens with zero attached hydrogens (tertiary/aromatic N) is 3. The van der Waals surface area contributed by atoms with Crippen molar-refractivity contribution in [3.63, 3.8) is 0 Å². The third-order valence-electron chi connectivity index (χ3n) is 3.87. The van der Waals surface area contributed by atoms with E-state index in [0.717, 1.165) is 26.2 Å². The summed E-state index contributed by atoms with van der Waals surface area (Å²) < 4.78 is 7.26. The van der Waals surface area contributed by atoms with Crippen LogP contribution in [-0.2, 0) is 0 Å². The van der Waals surface area contributed by atoms with Gasteiger partial charge in [-0.1, -0.05) is 13.8 Å². The van der Waals surface area contributed by atoms with Crippen LogP contribution < -0.4 is 0 Å². The molecule has 0 saturated carbocycles. The Morgan fingerprint density at radius 2 is 1.21 bits per heavy atom. The van der Waals surface area contributed by atoms with Crippen molar-refractivity contribution in [2.75, 3.05) is 26.2 Å². The van der Waals surface area contributed by atoms with Crippen LogP contribution in [0.1, 0.15) is 55.4 Å². The molecular weight excluding hydrogens is 255 g/mol. The molecule has 4 nitrogen and oxygen atoms in total. The average molecular weight is 288 g/mol. The molecule has 0 spiro atoms. The highest BCUT2D eigenvalue weighted by Crippen LogP contribution is 2.64. The van der Waals surface area contributed by atoms with Gasteiger partial charge in [0.1, 0.15) is 0 Å². The van der Waals surface area contributed by atoms with E-state index in [2.05, 4.69) is 69.4 Å². The summed E-state index contributed by atoms with van der Waals surface area (Å²) in [4.78, 5) is 0. The van der Waals surface area contributed by atoms with Crippen LogP contribution in [0.15, 0.2) is 0 Å². The molecule has 19 heavy (non-hydrogen) atoms. The van der Waals surface area contributed by atoms with Gasteiger partial charge in [-0.15, -0.1) is 0 Å². The van der Waals surface area contributed by atoms with E-state index in [1.807, 2.05) is 0 Å². The standard InChI is InChI=1S/C14H33N4P/c1-9-16(10-2)19(15)17(13(3,4)5)11-12-18(19)14(6,7)8/h15H,9-12H2,1-8H3. The molecule has 0 aromatic carbocycles. The highest BCUT2D eigenvalue weighted by molar-refractivity contribution is 7.58. The predicted molar refractivity (Wildman–Crippen MR) is 85.5 cm³/mol. The van der Waals surface area contributed by atoms with Gasteiger partial charge in [0, 0.05) is 37.3 Å². The van der Waals surface area contributed by atoms with Crippen LogP contribution in [0.5, 0.6) is 0 Å². The monoisotopic (exact) mass is 288 g/mol. The van der Waals surface area contributed by atoms with Crippen LogP contribution in [0, 0.1) is 5.16 Å². The zero-order valence-electron chi connectivity index (χ0n) is 14.1. The molecule has 0 bridgehead atoms. The summed E-state index contributed by atoms with van der Waals surface area (Å²) in [6.07, 6.45) is 0. The Morgan fingerprint density at radius 1 is 0.895 bits per heavy atom. The molecule has 1 fully saturated rings. The number of hydrogen-bond donors (Lipinski definition) is 1. The van der Waals surface area contributed by atoms with Gasteiger partial charge in [-0.05, 0) is 41.5 Å². The topological polar surface area (TPSA) is 33.6 Å². The molecule has 1 N–H and O–H groups in total. The lowest BCUT2D eigenvalue weighted by molar-refractivity contribution is 0.255. The van der Waals surface area contributed by atoms with Gasteiger partial charge in [-0.2, -0.15) is 0 Å². The smallest absolute Gasteiger partial charge is 0.166 e. The second kappa shape index (κ2) is 5.48. The molecule has 1 aliphatic heterocycles. The van der Waals surface area contributed by atoms with E-state index >= 15 is 0 Å². The molecule has 0 aromatic rings. The fraction of sp³-hybridized carbons (Fsp3) is 1.00. The van der Waals surface area contributed by atoms with E-state index in [4.69, 9.17) is 0 Å². The Balaban J connectivity index is 3.30. The van der Waals surface area contributed by atoms with E-state index in [9.17, 15) is 5.16 Å². The quantitative estimate of drug-likeness (QED) is 0.795. The molecule has 5 heteroatoms. The summed E-state index contributed by atoms with van der Waals surface area (Å²) in [7, 11) is -2.14. The molecule has 0 aromatic heterocycles. The molecule has 1 heterocycles. The Bertz CT molecular complexity index is 323. The lowest BCUT2D eigenvalue weighted by Crippen LogP contribution is -2.45. The van der Waals surface area contributed by atoms with Crippen LogP contribution in [0.2, 0.25) is 0 Å². The zero-order chi connectivity index (χ0) is 15.1. The van der Waals surface area contributed by atoms with Crippen molar-refractivity contribution in [3.8, 4) is 0 Å². The van der Waals surface area contributed by atoms with Gasteiger partial charge in [0.05, 0.1) is 0 Å². The van der Waals surface area contributed by atoms with Gasteiger partial charge in [-0.25, -0.2) is 14.0 Å². The minimum atomic E-state index is -2.14. The van der Waals surface area contributed by atoms with Crippen molar-refractivity contribution < 1.29 is 0 Å². The molecule has 1 aliphatic rings. The summed E-state index contributed by atoms with van der Waals surface area (Å²) in [5.74, 6) is 0. The summed E-state index contributed by atoms with van der Waals surface area (Å²) in [6, 6.07) is 0. The lowest BCUT2D eigenvalue weighted by atomic mass is 10.1. The minimum absolute atomic E-state index is 0.0537. The lowest BCUT2D eigenvalue weighted by Gasteiger charge is -2.50. The first-order valence-electron chi connectivity index (χ1n) is 7.45. The van der Waals surface area contributed by atoms with E-state index in [-0.39, 0.29) is 11.1 Å². The highest BCUT2D eigenvalue weighted by atomic mass is 31.2. The number of nitrogens with one attached hydrogen (secondary N) is 1. The van der Waals surface area contributed by atoms with Crippen molar-refractivity contribution in [3.05, 3.63) is 0 Å². The van der Waals surface area contributed by atoms with Gasteiger partial charge < -0.3 is 0 Å². The maximum Gasteiger partial charge on any atom is 0.166 e. The molecule has 0 aliphatic carbocycles. The summed E-state index contributed by atoms with van der Waals surface area (Å²) >= 11 is 0. The van der Waals surface area contributed by atoms with Gasteiger partial charge >= 0.3 is 0 Å². The first kappa shape index (κ1) is 17.2. The number of rotatable bonds is 3. The second-order valence-corrected chi connectivity index (χ2v) is 9.96. The summed E-state index contributed by atoms with van der Waals surface area (Å²) in [6.45, 7) is 21.7. The average Bonchev–Trinajstić information content (AvgIpc) is 2.57. The van der Waals surface area contributed by atoms with Crippen molar-refractivity contribution in [2.24, 2.45) is 0 Å². The van der Waals surface area contributed by atoms with Crippen molar-refractivity contribution in [1.29, 1.82) is 5.16 Å². The summed E-state index contributed by atoms with van der Waals surface area (Å²) in [5.41, 5.74) is 0.107. The van der Waals surface area contributed by atoms with Crippen molar-refractivity contribution in [2.45, 2.75) is 66.5 Å². The van der Waals surface area contributed by atoms with Crippen LogP contribution >= 0.6 is 7.51 Å².